The van der Waals surface area contributed by atoms with Gasteiger partial charge in [0, 0.05) is 0 Å². The number of rotatable bonds is 5. The maximum absolute atomic E-state index is 11.9. The van der Waals surface area contributed by atoms with Crippen molar-refractivity contribution < 1.29 is 5.11 Å². The van der Waals surface area contributed by atoms with Crippen molar-refractivity contribution in [1.82, 2.24) is 0 Å². The number of benzene rings is 3. The summed E-state index contributed by atoms with van der Waals surface area (Å²) < 4.78 is 0. The van der Waals surface area contributed by atoms with Gasteiger partial charge in [-0.15, -0.1) is 5.76 Å². The van der Waals surface area contributed by atoms with Gasteiger partial charge in [0.2, 0.25) is 0 Å². The van der Waals surface area contributed by atoms with Gasteiger partial charge in [0.15, 0.2) is 0 Å². The van der Waals surface area contributed by atoms with Crippen LogP contribution in [0.5, 0.6) is 0 Å². The van der Waals surface area contributed by atoms with Crippen LogP contribution < -0.4 is 21.0 Å². The fourth-order valence-corrected chi connectivity index (χ4v) is 7.35. The van der Waals surface area contributed by atoms with Crippen molar-refractivity contribution in [2.45, 2.75) is 6.92 Å². The molecule has 124 valence electrons. The molecular weight excluding hydrogens is 323 g/mol. The van der Waals surface area contributed by atoms with Crippen molar-refractivity contribution in [1.29, 1.82) is 0 Å². The molecule has 0 saturated carbocycles. The van der Waals surface area contributed by atoms with E-state index < -0.39 is 7.26 Å². The van der Waals surface area contributed by atoms with E-state index in [0.29, 0.717) is 0 Å². The van der Waals surface area contributed by atoms with Gasteiger partial charge in [0.25, 0.3) is 0 Å². The first kappa shape index (κ1) is 17.2. The Hall–Kier alpha value is -2.63. The van der Waals surface area contributed by atoms with Crippen molar-refractivity contribution in [2.75, 3.05) is 0 Å². The minimum atomic E-state index is -2.17. The van der Waals surface area contributed by atoms with E-state index in [0.717, 1.165) is 5.31 Å². The van der Waals surface area contributed by atoms with E-state index in [1.165, 1.54) is 15.9 Å². The van der Waals surface area contributed by atoms with Gasteiger partial charge in [0.1, 0.15) is 28.5 Å². The van der Waals surface area contributed by atoms with E-state index in [1.807, 2.05) is 18.2 Å². The van der Waals surface area contributed by atoms with Crippen LogP contribution in [0, 0.1) is 0 Å². The van der Waals surface area contributed by atoms with E-state index in [9.17, 15) is 5.11 Å². The Labute approximate surface area is 150 Å². The minimum Gasteiger partial charge on any atom is -0.876 e. The van der Waals surface area contributed by atoms with E-state index in [1.54, 1.807) is 13.0 Å². The molecule has 0 bridgehead atoms. The van der Waals surface area contributed by atoms with Crippen LogP contribution >= 0.6 is 7.26 Å². The van der Waals surface area contributed by atoms with Crippen molar-refractivity contribution in [3.05, 3.63) is 115 Å². The zero-order chi connectivity index (χ0) is 17.7. The first-order chi connectivity index (χ1) is 12.2. The Morgan fingerprint density at radius 3 is 1.32 bits per heavy atom. The van der Waals surface area contributed by atoms with Gasteiger partial charge in [-0.2, -0.15) is 0 Å². The molecule has 1 nitrogen and oxygen atoms in total. The summed E-state index contributed by atoms with van der Waals surface area (Å²) in [7, 11) is -2.17. The summed E-state index contributed by atoms with van der Waals surface area (Å²) in [6.07, 6.45) is 1.70. The SMILES string of the molecule is C=C(/C=C(\C)[O-])[P+](c1ccccc1)(c1ccccc1)c1ccccc1. The van der Waals surface area contributed by atoms with Crippen molar-refractivity contribution in [3.8, 4) is 0 Å². The molecule has 0 amide bonds. The third-order valence-corrected chi connectivity index (χ3v) is 8.44. The first-order valence-electron chi connectivity index (χ1n) is 8.26. The Balaban J connectivity index is 2.40. The van der Waals surface area contributed by atoms with Gasteiger partial charge >= 0.3 is 0 Å². The lowest BCUT2D eigenvalue weighted by atomic mass is 10.3. The standard InChI is InChI=1S/C23H21OP/c1-19(24)18-20(2)25(21-12-6-3-7-13-21,22-14-8-4-9-15-22)23-16-10-5-11-17-23/h3-18H,2H2,1H3/b19-18+. The van der Waals surface area contributed by atoms with Crippen LogP contribution in [0.4, 0.5) is 0 Å². The Morgan fingerprint density at radius 2 is 1.04 bits per heavy atom. The van der Waals surface area contributed by atoms with Crippen LogP contribution in [0.15, 0.2) is 115 Å². The Kier molecular flexibility index (Phi) is 5.16. The van der Waals surface area contributed by atoms with Crippen molar-refractivity contribution >= 4 is 23.2 Å². The first-order valence-corrected chi connectivity index (χ1v) is 10.1. The van der Waals surface area contributed by atoms with Gasteiger partial charge in [0.05, 0.1) is 0 Å². The van der Waals surface area contributed by atoms with E-state index in [2.05, 4.69) is 79.4 Å². The van der Waals surface area contributed by atoms with E-state index >= 15 is 0 Å². The number of hydrogen-bond donors (Lipinski definition) is 0. The predicted octanol–water partition coefficient (Wildman–Crippen LogP) is 3.76. The second-order valence-electron chi connectivity index (χ2n) is 5.92. The molecule has 0 fully saturated rings. The number of hydrogen-bond acceptors (Lipinski definition) is 1. The quantitative estimate of drug-likeness (QED) is 0.393. The van der Waals surface area contributed by atoms with E-state index in [4.69, 9.17) is 0 Å². The zero-order valence-corrected chi connectivity index (χ0v) is 15.2. The van der Waals surface area contributed by atoms with Gasteiger partial charge in [-0.3, -0.25) is 0 Å². The second-order valence-corrected chi connectivity index (χ2v) is 9.39. The predicted molar refractivity (Wildman–Crippen MR) is 108 cm³/mol. The third-order valence-electron chi connectivity index (χ3n) is 4.23. The third kappa shape index (κ3) is 3.29. The molecule has 3 aromatic rings. The summed E-state index contributed by atoms with van der Waals surface area (Å²) in [4.78, 5) is 0. The van der Waals surface area contributed by atoms with Crippen LogP contribution in [0.3, 0.4) is 0 Å². The highest BCUT2D eigenvalue weighted by molar-refractivity contribution is 7.99. The molecule has 0 aliphatic carbocycles. The van der Waals surface area contributed by atoms with Gasteiger partial charge in [-0.1, -0.05) is 68.1 Å². The molecule has 0 saturated heterocycles. The van der Waals surface area contributed by atoms with Gasteiger partial charge in [-0.25, -0.2) is 0 Å². The van der Waals surface area contributed by atoms with Crippen molar-refractivity contribution in [3.63, 3.8) is 0 Å². The van der Waals surface area contributed by atoms with Crippen molar-refractivity contribution in [2.24, 2.45) is 0 Å². The molecule has 0 aliphatic rings. The largest absolute Gasteiger partial charge is 0.876 e. The molecule has 3 rings (SSSR count). The molecule has 25 heavy (non-hydrogen) atoms. The summed E-state index contributed by atoms with van der Waals surface area (Å²) >= 11 is 0. The smallest absolute Gasteiger partial charge is 0.143 e. The van der Waals surface area contributed by atoms with Crippen LogP contribution in [0.1, 0.15) is 6.92 Å². The van der Waals surface area contributed by atoms with Gasteiger partial charge in [-0.05, 0) is 42.5 Å². The topological polar surface area (TPSA) is 23.1 Å². The second kappa shape index (κ2) is 7.51. The molecule has 2 heteroatoms. The lowest BCUT2D eigenvalue weighted by molar-refractivity contribution is -0.301. The molecule has 0 unspecified atom stereocenters. The normalized spacial score (nSPS) is 12.0. The summed E-state index contributed by atoms with van der Waals surface area (Å²) in [6.45, 7) is 5.95. The summed E-state index contributed by atoms with van der Waals surface area (Å²) in [5.41, 5.74) is 0. The maximum atomic E-state index is 11.9. The lowest BCUT2D eigenvalue weighted by Gasteiger charge is -2.28. The summed E-state index contributed by atoms with van der Waals surface area (Å²) in [5.74, 6) is 0.0252. The molecule has 0 N–H and O–H groups in total. The highest BCUT2D eigenvalue weighted by atomic mass is 31.2. The number of allylic oxidation sites excluding steroid dienone is 3. The van der Waals surface area contributed by atoms with Crippen LogP contribution in [-0.4, -0.2) is 0 Å². The Bertz CT molecular complexity index is 767. The van der Waals surface area contributed by atoms with Crippen LogP contribution in [-0.2, 0) is 0 Å². The van der Waals surface area contributed by atoms with Gasteiger partial charge < -0.3 is 5.11 Å². The van der Waals surface area contributed by atoms with Crippen LogP contribution in [0.2, 0.25) is 0 Å². The average Bonchev–Trinajstić information content (AvgIpc) is 2.64. The molecule has 3 aromatic carbocycles. The molecule has 0 spiro atoms. The van der Waals surface area contributed by atoms with Crippen LogP contribution in [0.25, 0.3) is 0 Å². The Morgan fingerprint density at radius 1 is 0.720 bits per heavy atom. The monoisotopic (exact) mass is 344 g/mol. The molecular formula is C23H21OP. The fraction of sp³-hybridized carbons (Fsp3) is 0.0435. The molecule has 0 aromatic heterocycles. The lowest BCUT2D eigenvalue weighted by Crippen LogP contribution is -2.32. The summed E-state index contributed by atoms with van der Waals surface area (Å²) in [5, 5.41) is 16.4. The minimum absolute atomic E-state index is 0.0252. The molecule has 0 radical (unpaired) electrons. The van der Waals surface area contributed by atoms with E-state index in [-0.39, 0.29) is 5.76 Å². The fourth-order valence-electron chi connectivity index (χ4n) is 3.23. The molecule has 0 aliphatic heterocycles. The zero-order valence-electron chi connectivity index (χ0n) is 14.3. The highest BCUT2D eigenvalue weighted by Crippen LogP contribution is 2.62. The molecule has 0 atom stereocenters. The average molecular weight is 344 g/mol. The summed E-state index contributed by atoms with van der Waals surface area (Å²) in [6, 6.07) is 31.2. The highest BCUT2D eigenvalue weighted by Gasteiger charge is 2.47. The molecule has 0 heterocycles. The maximum Gasteiger partial charge on any atom is 0.143 e.